The summed E-state index contributed by atoms with van der Waals surface area (Å²) >= 11 is 0. The van der Waals surface area contributed by atoms with Crippen LogP contribution in [0.15, 0.2) is 24.3 Å². The van der Waals surface area contributed by atoms with Crippen molar-refractivity contribution in [3.63, 3.8) is 0 Å². The summed E-state index contributed by atoms with van der Waals surface area (Å²) in [7, 11) is 0. The minimum atomic E-state index is -4.31. The molecule has 2 rings (SSSR count). The normalized spacial score (nSPS) is 24.9. The molecule has 0 spiro atoms. The van der Waals surface area contributed by atoms with Crippen LogP contribution in [0, 0.1) is 0 Å². The molecule has 100 valence electrons. The minimum Gasteiger partial charge on any atom is -0.489 e. The molecule has 1 fully saturated rings. The Labute approximate surface area is 104 Å². The summed E-state index contributed by atoms with van der Waals surface area (Å²) in [5, 5.41) is 0. The number of nitrogens with two attached hydrogens (primary N) is 1. The van der Waals surface area contributed by atoms with Gasteiger partial charge in [0.1, 0.15) is 11.9 Å². The fraction of sp³-hybridized carbons (Fsp3) is 0.538. The lowest BCUT2D eigenvalue weighted by molar-refractivity contribution is -0.137. The molecule has 0 aromatic heterocycles. The van der Waals surface area contributed by atoms with E-state index in [2.05, 4.69) is 0 Å². The molecule has 0 saturated heterocycles. The van der Waals surface area contributed by atoms with Gasteiger partial charge >= 0.3 is 6.18 Å². The number of alkyl halides is 3. The molecular formula is C13H16F3NO. The summed E-state index contributed by atoms with van der Waals surface area (Å²) < 4.78 is 42.8. The average Bonchev–Trinajstić information content (AvgIpc) is 2.32. The van der Waals surface area contributed by atoms with Crippen molar-refractivity contribution in [2.45, 2.75) is 44.0 Å². The van der Waals surface area contributed by atoms with E-state index in [9.17, 15) is 13.2 Å². The van der Waals surface area contributed by atoms with E-state index in [1.165, 1.54) is 12.1 Å². The van der Waals surface area contributed by atoms with Gasteiger partial charge in [0.15, 0.2) is 0 Å². The molecule has 18 heavy (non-hydrogen) atoms. The Morgan fingerprint density at radius 1 is 1.06 bits per heavy atom. The van der Waals surface area contributed by atoms with Crippen molar-refractivity contribution < 1.29 is 17.9 Å². The maximum atomic E-state index is 12.4. The molecular weight excluding hydrogens is 243 g/mol. The van der Waals surface area contributed by atoms with Gasteiger partial charge in [-0.1, -0.05) is 6.42 Å². The lowest BCUT2D eigenvalue weighted by Gasteiger charge is -2.29. The van der Waals surface area contributed by atoms with E-state index >= 15 is 0 Å². The highest BCUT2D eigenvalue weighted by molar-refractivity contribution is 5.29. The SMILES string of the molecule is NC1CCCCC1Oc1ccc(C(F)(F)F)cc1. The van der Waals surface area contributed by atoms with Crippen LogP contribution in [0.4, 0.5) is 13.2 Å². The Morgan fingerprint density at radius 3 is 2.22 bits per heavy atom. The fourth-order valence-corrected chi connectivity index (χ4v) is 2.17. The van der Waals surface area contributed by atoms with Crippen molar-refractivity contribution in [1.29, 1.82) is 0 Å². The second kappa shape index (κ2) is 5.18. The van der Waals surface area contributed by atoms with Crippen molar-refractivity contribution in [1.82, 2.24) is 0 Å². The third kappa shape index (κ3) is 3.16. The van der Waals surface area contributed by atoms with Crippen LogP contribution < -0.4 is 10.5 Å². The van der Waals surface area contributed by atoms with Crippen molar-refractivity contribution in [2.24, 2.45) is 5.73 Å². The van der Waals surface area contributed by atoms with Crippen LogP contribution in [0.25, 0.3) is 0 Å². The van der Waals surface area contributed by atoms with Gasteiger partial charge in [-0.2, -0.15) is 13.2 Å². The Bertz CT molecular complexity index is 388. The first-order chi connectivity index (χ1) is 8.47. The maximum absolute atomic E-state index is 12.4. The number of benzene rings is 1. The third-order valence-corrected chi connectivity index (χ3v) is 3.22. The van der Waals surface area contributed by atoms with Gasteiger partial charge in [-0.3, -0.25) is 0 Å². The van der Waals surface area contributed by atoms with Gasteiger partial charge in [-0.15, -0.1) is 0 Å². The first kappa shape index (κ1) is 13.2. The van der Waals surface area contributed by atoms with E-state index in [4.69, 9.17) is 10.5 Å². The molecule has 1 aliphatic carbocycles. The van der Waals surface area contributed by atoms with Crippen LogP contribution in [0.2, 0.25) is 0 Å². The topological polar surface area (TPSA) is 35.2 Å². The molecule has 0 heterocycles. The zero-order chi connectivity index (χ0) is 13.2. The summed E-state index contributed by atoms with van der Waals surface area (Å²) in [4.78, 5) is 0. The van der Waals surface area contributed by atoms with Gasteiger partial charge in [-0.25, -0.2) is 0 Å². The molecule has 0 aliphatic heterocycles. The summed E-state index contributed by atoms with van der Waals surface area (Å²) in [5.74, 6) is 0.449. The molecule has 1 aromatic carbocycles. The van der Waals surface area contributed by atoms with Crippen LogP contribution in [0.3, 0.4) is 0 Å². The van der Waals surface area contributed by atoms with Crippen LogP contribution in [-0.2, 0) is 6.18 Å². The first-order valence-corrected chi connectivity index (χ1v) is 6.06. The number of halogens is 3. The predicted octanol–water partition coefficient (Wildman–Crippen LogP) is 3.35. The van der Waals surface area contributed by atoms with Gasteiger partial charge in [0, 0.05) is 6.04 Å². The van der Waals surface area contributed by atoms with E-state index in [-0.39, 0.29) is 12.1 Å². The van der Waals surface area contributed by atoms with Crippen LogP contribution in [0.1, 0.15) is 31.2 Å². The van der Waals surface area contributed by atoms with E-state index < -0.39 is 11.7 Å². The van der Waals surface area contributed by atoms with E-state index in [1.807, 2.05) is 0 Å². The van der Waals surface area contributed by atoms with Gasteiger partial charge in [-0.05, 0) is 43.5 Å². The zero-order valence-corrected chi connectivity index (χ0v) is 9.91. The monoisotopic (exact) mass is 259 g/mol. The van der Waals surface area contributed by atoms with Gasteiger partial charge in [0.2, 0.25) is 0 Å². The number of hydrogen-bond donors (Lipinski definition) is 1. The Morgan fingerprint density at radius 2 is 1.67 bits per heavy atom. The number of hydrogen-bond acceptors (Lipinski definition) is 2. The summed E-state index contributed by atoms with van der Waals surface area (Å²) in [6, 6.07) is 4.74. The lowest BCUT2D eigenvalue weighted by atomic mass is 9.93. The Hall–Kier alpha value is -1.23. The number of rotatable bonds is 2. The molecule has 2 atom stereocenters. The van der Waals surface area contributed by atoms with E-state index in [0.717, 1.165) is 37.8 Å². The molecule has 1 aromatic rings. The van der Waals surface area contributed by atoms with Crippen LogP contribution >= 0.6 is 0 Å². The Balaban J connectivity index is 2.02. The van der Waals surface area contributed by atoms with Crippen LogP contribution in [0.5, 0.6) is 5.75 Å². The highest BCUT2D eigenvalue weighted by Crippen LogP contribution is 2.31. The first-order valence-electron chi connectivity index (χ1n) is 6.06. The molecule has 1 aliphatic rings. The van der Waals surface area contributed by atoms with Gasteiger partial charge in [0.05, 0.1) is 5.56 Å². The van der Waals surface area contributed by atoms with Crippen LogP contribution in [-0.4, -0.2) is 12.1 Å². The zero-order valence-electron chi connectivity index (χ0n) is 9.91. The van der Waals surface area contributed by atoms with Gasteiger partial charge < -0.3 is 10.5 Å². The minimum absolute atomic E-state index is 0.0268. The fourth-order valence-electron chi connectivity index (χ4n) is 2.17. The summed E-state index contributed by atoms with van der Waals surface area (Å²) in [5.41, 5.74) is 5.26. The van der Waals surface area contributed by atoms with Crippen molar-refractivity contribution in [3.8, 4) is 5.75 Å². The molecule has 2 unspecified atom stereocenters. The molecule has 0 amide bonds. The number of ether oxygens (including phenoxy) is 1. The van der Waals surface area contributed by atoms with Crippen molar-refractivity contribution >= 4 is 0 Å². The van der Waals surface area contributed by atoms with E-state index in [0.29, 0.717) is 5.75 Å². The predicted molar refractivity (Wildman–Crippen MR) is 62.3 cm³/mol. The third-order valence-electron chi connectivity index (χ3n) is 3.22. The molecule has 0 bridgehead atoms. The van der Waals surface area contributed by atoms with Crippen molar-refractivity contribution in [3.05, 3.63) is 29.8 Å². The smallest absolute Gasteiger partial charge is 0.416 e. The quantitative estimate of drug-likeness (QED) is 0.884. The maximum Gasteiger partial charge on any atom is 0.416 e. The average molecular weight is 259 g/mol. The molecule has 5 heteroatoms. The summed E-state index contributed by atoms with van der Waals surface area (Å²) in [6.45, 7) is 0. The second-order valence-electron chi connectivity index (χ2n) is 4.63. The molecule has 1 saturated carbocycles. The largest absolute Gasteiger partial charge is 0.489 e. The van der Waals surface area contributed by atoms with Gasteiger partial charge in [0.25, 0.3) is 0 Å². The standard InChI is InChI=1S/C13H16F3NO/c14-13(15,16)9-5-7-10(8-6-9)18-12-4-2-1-3-11(12)17/h5-8,11-12H,1-4,17H2. The lowest BCUT2D eigenvalue weighted by Crippen LogP contribution is -2.41. The molecule has 0 radical (unpaired) electrons. The highest BCUT2D eigenvalue weighted by Gasteiger charge is 2.30. The highest BCUT2D eigenvalue weighted by atomic mass is 19.4. The van der Waals surface area contributed by atoms with Crippen molar-refractivity contribution in [2.75, 3.05) is 0 Å². The van der Waals surface area contributed by atoms with E-state index in [1.54, 1.807) is 0 Å². The summed E-state index contributed by atoms with van der Waals surface area (Å²) in [6.07, 6.45) is -0.476. The molecule has 2 nitrogen and oxygen atoms in total. The Kier molecular flexibility index (Phi) is 3.80. The molecule has 2 N–H and O–H groups in total. The second-order valence-corrected chi connectivity index (χ2v) is 4.63.